The number of carbonyl (C=O) groups excluding carboxylic acids is 1. The topological polar surface area (TPSA) is 85.4 Å². The Bertz CT molecular complexity index is 1010. The molecule has 0 aromatic carbocycles. The van der Waals surface area contributed by atoms with Crippen molar-refractivity contribution < 1.29 is 9.21 Å². The lowest BCUT2D eigenvalue weighted by Crippen LogP contribution is -2.55. The minimum atomic E-state index is 0.165. The van der Waals surface area contributed by atoms with Crippen LogP contribution in [0.3, 0.4) is 0 Å². The normalized spacial score (nSPS) is 26.1. The predicted molar refractivity (Wildman–Crippen MR) is 128 cm³/mol. The Balaban J connectivity index is 1.37. The molecule has 1 amide bonds. The number of hydrogen-bond donors (Lipinski definition) is 1. The first kappa shape index (κ1) is 23.1. The van der Waals surface area contributed by atoms with Crippen molar-refractivity contribution in [3.8, 4) is 6.07 Å². The van der Waals surface area contributed by atoms with Crippen LogP contribution in [0.2, 0.25) is 0 Å². The van der Waals surface area contributed by atoms with Crippen LogP contribution in [0.25, 0.3) is 11.0 Å². The highest BCUT2D eigenvalue weighted by Crippen LogP contribution is 2.35. The van der Waals surface area contributed by atoms with E-state index in [1.54, 1.807) is 19.2 Å². The molecular weight excluding hydrogens is 470 g/mol. The summed E-state index contributed by atoms with van der Waals surface area (Å²) in [5.41, 5.74) is 0.613. The van der Waals surface area contributed by atoms with Crippen molar-refractivity contribution in [1.82, 2.24) is 14.8 Å². The largest absolute Gasteiger partial charge is 0.444 e. The molecule has 2 heterocycles. The standard InChI is InChI=1S/C24H32BrN5O2/c1-15(31)29(2)20-6-4-5-7-21(20)30(3)17-10-8-16(9-11-17)28-24-23(25)19-12-18(13-26)32-22(19)14-27-24/h12,14,16-17,20-21H,4-11H2,1-3H3,(H,27,28)/t16?,17?,20-,21-/m1/s1. The molecule has 1 N–H and O–H groups in total. The molecule has 4 rings (SSSR count). The third kappa shape index (κ3) is 4.65. The number of nitrogens with zero attached hydrogens (tertiary/aromatic N) is 4. The SMILES string of the molecule is CC(=O)N(C)[C@@H]1CCCC[C@H]1N(C)C1CCC(Nc2ncc3oc(C#N)cc3c2Br)CC1. The number of nitrogens with one attached hydrogen (secondary N) is 1. The molecule has 2 atom stereocenters. The van der Waals surface area contributed by atoms with Crippen LogP contribution in [0.4, 0.5) is 5.82 Å². The minimum Gasteiger partial charge on any atom is -0.444 e. The minimum absolute atomic E-state index is 0.165. The van der Waals surface area contributed by atoms with Crippen LogP contribution >= 0.6 is 15.9 Å². The smallest absolute Gasteiger partial charge is 0.219 e. The monoisotopic (exact) mass is 501 g/mol. The molecule has 2 fully saturated rings. The summed E-state index contributed by atoms with van der Waals surface area (Å²) in [5.74, 6) is 1.26. The lowest BCUT2D eigenvalue weighted by molar-refractivity contribution is -0.132. The Morgan fingerprint density at radius 3 is 2.53 bits per heavy atom. The first-order chi connectivity index (χ1) is 15.4. The number of nitriles is 1. The maximum atomic E-state index is 12.0. The van der Waals surface area contributed by atoms with Gasteiger partial charge in [0.05, 0.1) is 10.7 Å². The van der Waals surface area contributed by atoms with E-state index in [-0.39, 0.29) is 5.91 Å². The van der Waals surface area contributed by atoms with Crippen molar-refractivity contribution in [2.24, 2.45) is 0 Å². The van der Waals surface area contributed by atoms with Gasteiger partial charge in [-0.05, 0) is 61.5 Å². The molecule has 2 saturated carbocycles. The Hall–Kier alpha value is -2.11. The predicted octanol–water partition coefficient (Wildman–Crippen LogP) is 4.91. The van der Waals surface area contributed by atoms with Crippen LogP contribution in [0, 0.1) is 11.3 Å². The summed E-state index contributed by atoms with van der Waals surface area (Å²) in [6.07, 6.45) is 10.8. The maximum absolute atomic E-state index is 12.0. The number of hydrogen-bond acceptors (Lipinski definition) is 6. The van der Waals surface area contributed by atoms with Gasteiger partial charge in [-0.15, -0.1) is 0 Å². The van der Waals surface area contributed by atoms with Gasteiger partial charge in [0.2, 0.25) is 11.7 Å². The summed E-state index contributed by atoms with van der Waals surface area (Å²) in [5, 5.41) is 13.5. The van der Waals surface area contributed by atoms with Crippen molar-refractivity contribution >= 4 is 38.6 Å². The van der Waals surface area contributed by atoms with Crippen LogP contribution in [-0.2, 0) is 4.79 Å². The van der Waals surface area contributed by atoms with E-state index in [2.05, 4.69) is 38.2 Å². The van der Waals surface area contributed by atoms with E-state index in [9.17, 15) is 4.79 Å². The van der Waals surface area contributed by atoms with Gasteiger partial charge in [-0.3, -0.25) is 9.69 Å². The van der Waals surface area contributed by atoms with Gasteiger partial charge in [-0.1, -0.05) is 12.8 Å². The molecule has 7 nitrogen and oxygen atoms in total. The van der Waals surface area contributed by atoms with Gasteiger partial charge in [0.1, 0.15) is 11.9 Å². The summed E-state index contributed by atoms with van der Waals surface area (Å²) in [4.78, 5) is 21.0. The summed E-state index contributed by atoms with van der Waals surface area (Å²) < 4.78 is 6.31. The van der Waals surface area contributed by atoms with Crippen molar-refractivity contribution in [3.63, 3.8) is 0 Å². The molecule has 172 valence electrons. The molecule has 0 spiro atoms. The van der Waals surface area contributed by atoms with Gasteiger partial charge < -0.3 is 14.6 Å². The van der Waals surface area contributed by atoms with Gasteiger partial charge >= 0.3 is 0 Å². The van der Waals surface area contributed by atoms with Crippen LogP contribution < -0.4 is 5.32 Å². The Morgan fingerprint density at radius 2 is 1.88 bits per heavy atom. The Morgan fingerprint density at radius 1 is 1.19 bits per heavy atom. The molecule has 32 heavy (non-hydrogen) atoms. The second-order valence-corrected chi connectivity index (χ2v) is 10.1. The number of rotatable bonds is 5. The van der Waals surface area contributed by atoms with E-state index in [0.29, 0.717) is 35.5 Å². The van der Waals surface area contributed by atoms with Crippen LogP contribution in [0.1, 0.15) is 64.1 Å². The fourth-order valence-electron chi connectivity index (χ4n) is 5.48. The summed E-state index contributed by atoms with van der Waals surface area (Å²) in [6.45, 7) is 1.68. The fourth-order valence-corrected chi connectivity index (χ4v) is 6.01. The van der Waals surface area contributed by atoms with Crippen LogP contribution in [0.5, 0.6) is 0 Å². The van der Waals surface area contributed by atoms with Crippen molar-refractivity contribution in [3.05, 3.63) is 22.5 Å². The van der Waals surface area contributed by atoms with Crippen molar-refractivity contribution in [2.45, 2.75) is 82.5 Å². The Labute approximate surface area is 198 Å². The van der Waals surface area contributed by atoms with Gasteiger partial charge in [-0.25, -0.2) is 4.98 Å². The summed E-state index contributed by atoms with van der Waals surface area (Å²) >= 11 is 3.64. The molecule has 0 unspecified atom stereocenters. The molecule has 0 aliphatic heterocycles. The van der Waals surface area contributed by atoms with Gasteiger partial charge in [-0.2, -0.15) is 5.26 Å². The maximum Gasteiger partial charge on any atom is 0.219 e. The molecular formula is C24H32BrN5O2. The second-order valence-electron chi connectivity index (χ2n) is 9.29. The fraction of sp³-hybridized carbons (Fsp3) is 0.625. The van der Waals surface area contributed by atoms with Crippen molar-refractivity contribution in [2.75, 3.05) is 19.4 Å². The van der Waals surface area contributed by atoms with E-state index in [1.807, 2.05) is 18.0 Å². The zero-order valence-corrected chi connectivity index (χ0v) is 20.7. The highest BCUT2D eigenvalue weighted by Gasteiger charge is 2.36. The number of fused-ring (bicyclic) bond motifs is 1. The first-order valence-electron chi connectivity index (χ1n) is 11.6. The van der Waals surface area contributed by atoms with E-state index in [4.69, 9.17) is 9.68 Å². The number of amides is 1. The average Bonchev–Trinajstić information content (AvgIpc) is 3.25. The quantitative estimate of drug-likeness (QED) is 0.626. The molecule has 2 aliphatic carbocycles. The van der Waals surface area contributed by atoms with E-state index in [1.165, 1.54) is 19.3 Å². The van der Waals surface area contributed by atoms with E-state index < -0.39 is 0 Å². The third-order valence-electron chi connectivity index (χ3n) is 7.45. The molecule has 2 aromatic rings. The molecule has 8 heteroatoms. The molecule has 2 aliphatic rings. The van der Waals surface area contributed by atoms with E-state index in [0.717, 1.165) is 47.8 Å². The average molecular weight is 502 g/mol. The summed E-state index contributed by atoms with van der Waals surface area (Å²) in [6, 6.07) is 5.47. The van der Waals surface area contributed by atoms with Crippen LogP contribution in [0.15, 0.2) is 21.2 Å². The van der Waals surface area contributed by atoms with Gasteiger partial charge in [0.25, 0.3) is 0 Å². The lowest BCUT2D eigenvalue weighted by Gasteiger charge is -2.46. The second kappa shape index (κ2) is 9.80. The zero-order chi connectivity index (χ0) is 22.8. The number of likely N-dealkylation sites (N-methyl/N-ethyl adjacent to an activating group) is 2. The van der Waals surface area contributed by atoms with Gasteiger partial charge in [0, 0.05) is 49.6 Å². The first-order valence-corrected chi connectivity index (χ1v) is 12.4. The number of aromatic nitrogens is 1. The van der Waals surface area contributed by atoms with Crippen LogP contribution in [-0.4, -0.2) is 59.0 Å². The molecule has 0 saturated heterocycles. The number of anilines is 1. The van der Waals surface area contributed by atoms with Gasteiger partial charge in [0.15, 0.2) is 5.58 Å². The number of halogens is 1. The lowest BCUT2D eigenvalue weighted by atomic mass is 9.84. The summed E-state index contributed by atoms with van der Waals surface area (Å²) in [7, 11) is 4.22. The Kier molecular flexibility index (Phi) is 7.06. The zero-order valence-electron chi connectivity index (χ0n) is 19.1. The number of furan rings is 1. The molecule has 0 radical (unpaired) electrons. The highest BCUT2D eigenvalue weighted by molar-refractivity contribution is 9.10. The molecule has 0 bridgehead atoms. The third-order valence-corrected chi connectivity index (χ3v) is 8.25. The highest BCUT2D eigenvalue weighted by atomic mass is 79.9. The van der Waals surface area contributed by atoms with Crippen molar-refractivity contribution in [1.29, 1.82) is 5.26 Å². The number of carbonyl (C=O) groups is 1. The molecule has 2 aromatic heterocycles. The number of pyridine rings is 1. The van der Waals surface area contributed by atoms with E-state index >= 15 is 0 Å².